The van der Waals surface area contributed by atoms with Gasteiger partial charge in [0, 0.05) is 5.56 Å². The lowest BCUT2D eigenvalue weighted by Gasteiger charge is -2.07. The second-order valence-corrected chi connectivity index (χ2v) is 4.10. The lowest BCUT2D eigenvalue weighted by atomic mass is 10.1. The standard InChI is InChI=1S/C12H6Cl2FNO/c13-8-2-1-3-9(14)11(8)12-10(15)5-4-7(6-17)16-12/h1-6H. The van der Waals surface area contributed by atoms with Gasteiger partial charge in [0.15, 0.2) is 6.29 Å². The minimum absolute atomic E-state index is 0.0230. The summed E-state index contributed by atoms with van der Waals surface area (Å²) in [6, 6.07) is 7.26. The molecule has 0 radical (unpaired) electrons. The molecule has 5 heteroatoms. The molecule has 0 bridgehead atoms. The van der Waals surface area contributed by atoms with Gasteiger partial charge in [0.05, 0.1) is 10.0 Å². The highest BCUT2D eigenvalue weighted by molar-refractivity contribution is 6.39. The highest BCUT2D eigenvalue weighted by atomic mass is 35.5. The number of aldehydes is 1. The summed E-state index contributed by atoms with van der Waals surface area (Å²) in [5.41, 5.74) is 0.389. The Morgan fingerprint density at radius 1 is 1.12 bits per heavy atom. The number of carbonyl (C=O) groups is 1. The first-order valence-electron chi connectivity index (χ1n) is 4.69. The Hall–Kier alpha value is -1.45. The van der Waals surface area contributed by atoms with Crippen LogP contribution in [-0.2, 0) is 0 Å². The van der Waals surface area contributed by atoms with Crippen molar-refractivity contribution in [3.8, 4) is 11.3 Å². The first-order chi connectivity index (χ1) is 8.13. The van der Waals surface area contributed by atoms with Crippen LogP contribution in [0.4, 0.5) is 4.39 Å². The van der Waals surface area contributed by atoms with Gasteiger partial charge in [0.1, 0.15) is 17.2 Å². The van der Waals surface area contributed by atoms with Crippen LogP contribution in [0, 0.1) is 5.82 Å². The molecule has 2 aromatic rings. The predicted octanol–water partition coefficient (Wildman–Crippen LogP) is 4.01. The zero-order valence-corrected chi connectivity index (χ0v) is 9.97. The molecule has 0 N–H and O–H groups in total. The van der Waals surface area contributed by atoms with Gasteiger partial charge in [-0.1, -0.05) is 29.3 Å². The van der Waals surface area contributed by atoms with Gasteiger partial charge < -0.3 is 0 Å². The molecular formula is C12H6Cl2FNO. The average molecular weight is 270 g/mol. The van der Waals surface area contributed by atoms with Crippen LogP contribution in [0.15, 0.2) is 30.3 Å². The normalized spacial score (nSPS) is 10.3. The maximum absolute atomic E-state index is 13.7. The molecule has 1 aromatic carbocycles. The molecule has 17 heavy (non-hydrogen) atoms. The van der Waals surface area contributed by atoms with Gasteiger partial charge in [-0.25, -0.2) is 9.37 Å². The van der Waals surface area contributed by atoms with Gasteiger partial charge >= 0.3 is 0 Å². The molecule has 0 saturated heterocycles. The van der Waals surface area contributed by atoms with E-state index in [1.807, 2.05) is 0 Å². The van der Waals surface area contributed by atoms with Crippen LogP contribution in [0.1, 0.15) is 10.5 Å². The van der Waals surface area contributed by atoms with Gasteiger partial charge in [0.25, 0.3) is 0 Å². The average Bonchev–Trinajstić information content (AvgIpc) is 2.31. The largest absolute Gasteiger partial charge is 0.296 e. The summed E-state index contributed by atoms with van der Waals surface area (Å²) < 4.78 is 13.7. The monoisotopic (exact) mass is 269 g/mol. The van der Waals surface area contributed by atoms with Crippen molar-refractivity contribution in [3.63, 3.8) is 0 Å². The van der Waals surface area contributed by atoms with Gasteiger partial charge in [0.2, 0.25) is 0 Å². The number of carbonyl (C=O) groups excluding carboxylic acids is 1. The van der Waals surface area contributed by atoms with Gasteiger partial charge in [-0.3, -0.25) is 4.79 Å². The number of rotatable bonds is 2. The van der Waals surface area contributed by atoms with Crippen LogP contribution in [0.25, 0.3) is 11.3 Å². The van der Waals surface area contributed by atoms with E-state index in [4.69, 9.17) is 23.2 Å². The predicted molar refractivity (Wildman–Crippen MR) is 65.0 cm³/mol. The van der Waals surface area contributed by atoms with E-state index in [2.05, 4.69) is 4.98 Å². The quantitative estimate of drug-likeness (QED) is 0.772. The summed E-state index contributed by atoms with van der Waals surface area (Å²) in [4.78, 5) is 14.5. The summed E-state index contributed by atoms with van der Waals surface area (Å²) >= 11 is 11.9. The molecule has 2 rings (SSSR count). The highest BCUT2D eigenvalue weighted by Gasteiger charge is 2.14. The lowest BCUT2D eigenvalue weighted by molar-refractivity contribution is 0.111. The number of hydrogen-bond acceptors (Lipinski definition) is 2. The number of pyridine rings is 1. The van der Waals surface area contributed by atoms with E-state index in [1.165, 1.54) is 6.07 Å². The van der Waals surface area contributed by atoms with Crippen LogP contribution < -0.4 is 0 Å². The molecule has 0 atom stereocenters. The van der Waals surface area contributed by atoms with Gasteiger partial charge in [-0.15, -0.1) is 0 Å². The first kappa shape index (κ1) is 12.0. The van der Waals surface area contributed by atoms with Crippen LogP contribution >= 0.6 is 23.2 Å². The Morgan fingerprint density at radius 3 is 2.35 bits per heavy atom. The Kier molecular flexibility index (Phi) is 3.41. The van der Waals surface area contributed by atoms with Crippen molar-refractivity contribution in [2.45, 2.75) is 0 Å². The second kappa shape index (κ2) is 4.82. The SMILES string of the molecule is O=Cc1ccc(F)c(-c2c(Cl)cccc2Cl)n1. The smallest absolute Gasteiger partial charge is 0.168 e. The van der Waals surface area contributed by atoms with Crippen molar-refractivity contribution in [2.24, 2.45) is 0 Å². The van der Waals surface area contributed by atoms with E-state index in [-0.39, 0.29) is 27.0 Å². The molecule has 0 aliphatic carbocycles. The fraction of sp³-hybridized carbons (Fsp3) is 0. The Balaban J connectivity index is 2.71. The maximum atomic E-state index is 13.7. The summed E-state index contributed by atoms with van der Waals surface area (Å²) in [5.74, 6) is -0.578. The molecule has 0 unspecified atom stereocenters. The minimum atomic E-state index is -0.578. The van der Waals surface area contributed by atoms with Crippen molar-refractivity contribution in [1.82, 2.24) is 4.98 Å². The topological polar surface area (TPSA) is 30.0 Å². The summed E-state index contributed by atoms with van der Waals surface area (Å²) in [6.07, 6.45) is 0.535. The molecular weight excluding hydrogens is 264 g/mol. The van der Waals surface area contributed by atoms with Crippen molar-refractivity contribution < 1.29 is 9.18 Å². The van der Waals surface area contributed by atoms with E-state index in [0.717, 1.165) is 6.07 Å². The van der Waals surface area contributed by atoms with Gasteiger partial charge in [-0.05, 0) is 24.3 Å². The fourth-order valence-electron chi connectivity index (χ4n) is 1.42. The number of hydrogen-bond donors (Lipinski definition) is 0. The molecule has 0 aliphatic rings. The van der Waals surface area contributed by atoms with Crippen molar-refractivity contribution in [3.05, 3.63) is 51.9 Å². The molecule has 86 valence electrons. The van der Waals surface area contributed by atoms with E-state index >= 15 is 0 Å². The molecule has 0 saturated carbocycles. The summed E-state index contributed by atoms with van der Waals surface area (Å²) in [7, 11) is 0. The van der Waals surface area contributed by atoms with Crippen LogP contribution in [0.3, 0.4) is 0 Å². The van der Waals surface area contributed by atoms with Crippen molar-refractivity contribution in [2.75, 3.05) is 0 Å². The Morgan fingerprint density at radius 2 is 1.76 bits per heavy atom. The van der Waals surface area contributed by atoms with Crippen molar-refractivity contribution >= 4 is 29.5 Å². The van der Waals surface area contributed by atoms with E-state index in [1.54, 1.807) is 18.2 Å². The van der Waals surface area contributed by atoms with E-state index in [9.17, 15) is 9.18 Å². The Labute approximate surface area is 107 Å². The molecule has 0 amide bonds. The third kappa shape index (κ3) is 2.30. The number of aromatic nitrogens is 1. The van der Waals surface area contributed by atoms with E-state index in [0.29, 0.717) is 6.29 Å². The molecule has 0 fully saturated rings. The molecule has 1 aromatic heterocycles. The molecule has 0 spiro atoms. The highest BCUT2D eigenvalue weighted by Crippen LogP contribution is 2.34. The summed E-state index contributed by atoms with van der Waals surface area (Å²) in [5, 5.41) is 0.568. The van der Waals surface area contributed by atoms with Crippen LogP contribution in [0.5, 0.6) is 0 Å². The van der Waals surface area contributed by atoms with Crippen LogP contribution in [-0.4, -0.2) is 11.3 Å². The molecule has 0 aliphatic heterocycles. The number of benzene rings is 1. The molecule has 2 nitrogen and oxygen atoms in total. The third-order valence-electron chi connectivity index (χ3n) is 2.19. The number of nitrogens with zero attached hydrogens (tertiary/aromatic N) is 1. The zero-order chi connectivity index (χ0) is 12.4. The van der Waals surface area contributed by atoms with Gasteiger partial charge in [-0.2, -0.15) is 0 Å². The maximum Gasteiger partial charge on any atom is 0.168 e. The van der Waals surface area contributed by atoms with E-state index < -0.39 is 5.82 Å². The third-order valence-corrected chi connectivity index (χ3v) is 2.82. The molecule has 1 heterocycles. The first-order valence-corrected chi connectivity index (χ1v) is 5.45. The zero-order valence-electron chi connectivity index (χ0n) is 8.45. The lowest BCUT2D eigenvalue weighted by Crippen LogP contribution is -1.95. The second-order valence-electron chi connectivity index (χ2n) is 3.28. The van der Waals surface area contributed by atoms with Crippen molar-refractivity contribution in [1.29, 1.82) is 0 Å². The number of halogens is 3. The summed E-state index contributed by atoms with van der Waals surface area (Å²) in [6.45, 7) is 0. The fourth-order valence-corrected chi connectivity index (χ4v) is 2.00. The minimum Gasteiger partial charge on any atom is -0.296 e. The van der Waals surface area contributed by atoms with Crippen LogP contribution in [0.2, 0.25) is 10.0 Å². The Bertz CT molecular complexity index is 566.